The second-order valence-electron chi connectivity index (χ2n) is 2.38. The van der Waals surface area contributed by atoms with E-state index in [4.69, 9.17) is 5.11 Å². The van der Waals surface area contributed by atoms with Gasteiger partial charge in [0.1, 0.15) is 0 Å². The molecule has 0 aromatic carbocycles. The largest absolute Gasteiger partial charge is 0.481 e. The van der Waals surface area contributed by atoms with Crippen molar-refractivity contribution in [2.24, 2.45) is 5.92 Å². The molecule has 0 aromatic rings. The van der Waals surface area contributed by atoms with Crippen molar-refractivity contribution in [2.75, 3.05) is 13.1 Å². The minimum Gasteiger partial charge on any atom is -0.481 e. The van der Waals surface area contributed by atoms with Gasteiger partial charge >= 0.3 is 5.97 Å². The summed E-state index contributed by atoms with van der Waals surface area (Å²) in [4.78, 5) is 10.3. The van der Waals surface area contributed by atoms with Crippen LogP contribution in [-0.2, 0) is 4.79 Å². The topological polar surface area (TPSA) is 49.3 Å². The SMILES string of the molecule is CC.CC.O=C(O)C1CCCNC1. The summed E-state index contributed by atoms with van der Waals surface area (Å²) in [5.74, 6) is -0.805. The van der Waals surface area contributed by atoms with E-state index in [0.717, 1.165) is 19.4 Å². The van der Waals surface area contributed by atoms with Gasteiger partial charge in [-0.05, 0) is 19.4 Å². The lowest BCUT2D eigenvalue weighted by atomic mass is 10.0. The lowest BCUT2D eigenvalue weighted by molar-refractivity contribution is -0.142. The molecule has 1 unspecified atom stereocenters. The molecule has 1 saturated heterocycles. The van der Waals surface area contributed by atoms with Crippen molar-refractivity contribution in [2.45, 2.75) is 40.5 Å². The van der Waals surface area contributed by atoms with E-state index in [2.05, 4.69) is 5.32 Å². The van der Waals surface area contributed by atoms with Gasteiger partial charge in [0.25, 0.3) is 0 Å². The number of piperidine rings is 1. The lowest BCUT2D eigenvalue weighted by Gasteiger charge is -2.18. The predicted molar refractivity (Wildman–Crippen MR) is 55.9 cm³/mol. The Hall–Kier alpha value is -0.570. The third-order valence-electron chi connectivity index (χ3n) is 1.65. The number of aliphatic carboxylic acids is 1. The van der Waals surface area contributed by atoms with E-state index in [1.54, 1.807) is 0 Å². The quantitative estimate of drug-likeness (QED) is 0.664. The first-order valence-electron chi connectivity index (χ1n) is 5.24. The van der Waals surface area contributed by atoms with Crippen molar-refractivity contribution in [1.29, 1.82) is 0 Å². The average Bonchev–Trinajstić information content (AvgIpc) is 2.25. The third-order valence-corrected chi connectivity index (χ3v) is 1.65. The van der Waals surface area contributed by atoms with Gasteiger partial charge in [0, 0.05) is 6.54 Å². The molecule has 1 aliphatic rings. The van der Waals surface area contributed by atoms with E-state index in [1.165, 1.54) is 0 Å². The number of nitrogens with one attached hydrogen (secondary N) is 1. The molecular formula is C10H23NO2. The van der Waals surface area contributed by atoms with Crippen LogP contribution in [0.1, 0.15) is 40.5 Å². The van der Waals surface area contributed by atoms with E-state index in [0.29, 0.717) is 6.54 Å². The summed E-state index contributed by atoms with van der Waals surface area (Å²) in [6, 6.07) is 0. The second kappa shape index (κ2) is 11.4. The molecule has 0 aliphatic carbocycles. The first-order chi connectivity index (χ1) is 6.30. The van der Waals surface area contributed by atoms with Gasteiger partial charge in [-0.15, -0.1) is 0 Å². The molecule has 1 heterocycles. The molecule has 1 rings (SSSR count). The molecule has 0 bridgehead atoms. The van der Waals surface area contributed by atoms with E-state index in [1.807, 2.05) is 27.7 Å². The maximum Gasteiger partial charge on any atom is 0.307 e. The molecule has 3 heteroatoms. The van der Waals surface area contributed by atoms with Crippen molar-refractivity contribution < 1.29 is 9.90 Å². The molecule has 0 amide bonds. The highest BCUT2D eigenvalue weighted by Gasteiger charge is 2.18. The molecule has 1 fully saturated rings. The van der Waals surface area contributed by atoms with Gasteiger partial charge in [-0.1, -0.05) is 27.7 Å². The van der Waals surface area contributed by atoms with Gasteiger partial charge in [-0.3, -0.25) is 4.79 Å². The standard InChI is InChI=1S/C6H11NO2.2C2H6/c8-6(9)5-2-1-3-7-4-5;2*1-2/h5,7H,1-4H2,(H,8,9);2*1-2H3. The molecule has 80 valence electrons. The normalized spacial score (nSPS) is 20.2. The van der Waals surface area contributed by atoms with Gasteiger partial charge < -0.3 is 10.4 Å². The Morgan fingerprint density at radius 1 is 1.31 bits per heavy atom. The van der Waals surface area contributed by atoms with Crippen molar-refractivity contribution in [3.63, 3.8) is 0 Å². The number of hydrogen-bond donors (Lipinski definition) is 2. The van der Waals surface area contributed by atoms with Crippen LogP contribution in [0, 0.1) is 5.92 Å². The van der Waals surface area contributed by atoms with Crippen LogP contribution in [0.4, 0.5) is 0 Å². The Morgan fingerprint density at radius 2 is 1.85 bits per heavy atom. The Labute approximate surface area is 81.5 Å². The van der Waals surface area contributed by atoms with E-state index >= 15 is 0 Å². The van der Waals surface area contributed by atoms with Crippen LogP contribution < -0.4 is 5.32 Å². The zero-order valence-corrected chi connectivity index (χ0v) is 9.26. The fraction of sp³-hybridized carbons (Fsp3) is 0.900. The molecular weight excluding hydrogens is 166 g/mol. The summed E-state index contributed by atoms with van der Waals surface area (Å²) >= 11 is 0. The fourth-order valence-corrected chi connectivity index (χ4v) is 1.06. The summed E-state index contributed by atoms with van der Waals surface area (Å²) in [5.41, 5.74) is 0. The number of carboxylic acid groups (broad SMARTS) is 1. The van der Waals surface area contributed by atoms with Crippen LogP contribution in [0.5, 0.6) is 0 Å². The summed E-state index contributed by atoms with van der Waals surface area (Å²) in [6.45, 7) is 9.62. The average molecular weight is 189 g/mol. The predicted octanol–water partition coefficient (Wildman–Crippen LogP) is 2.12. The Morgan fingerprint density at radius 3 is 2.08 bits per heavy atom. The summed E-state index contributed by atoms with van der Waals surface area (Å²) < 4.78 is 0. The minimum atomic E-state index is -0.665. The molecule has 1 aliphatic heterocycles. The zero-order valence-electron chi connectivity index (χ0n) is 9.26. The smallest absolute Gasteiger partial charge is 0.307 e. The third kappa shape index (κ3) is 7.78. The van der Waals surface area contributed by atoms with Gasteiger partial charge in [0.15, 0.2) is 0 Å². The molecule has 0 saturated carbocycles. The fourth-order valence-electron chi connectivity index (χ4n) is 1.06. The minimum absolute atomic E-state index is 0.140. The summed E-state index contributed by atoms with van der Waals surface area (Å²) in [6.07, 6.45) is 1.83. The van der Waals surface area contributed by atoms with Crippen LogP contribution in [0.15, 0.2) is 0 Å². The van der Waals surface area contributed by atoms with Gasteiger partial charge in [-0.25, -0.2) is 0 Å². The van der Waals surface area contributed by atoms with E-state index in [-0.39, 0.29) is 5.92 Å². The first kappa shape index (κ1) is 14.9. The van der Waals surface area contributed by atoms with Crippen LogP contribution >= 0.6 is 0 Å². The highest BCUT2D eigenvalue weighted by molar-refractivity contribution is 5.70. The molecule has 2 N–H and O–H groups in total. The van der Waals surface area contributed by atoms with Gasteiger partial charge in [0.2, 0.25) is 0 Å². The maximum absolute atomic E-state index is 10.3. The first-order valence-corrected chi connectivity index (χ1v) is 5.24. The van der Waals surface area contributed by atoms with Crippen LogP contribution in [0.25, 0.3) is 0 Å². The Balaban J connectivity index is 0. The van der Waals surface area contributed by atoms with Crippen LogP contribution in [0.2, 0.25) is 0 Å². The highest BCUT2D eigenvalue weighted by atomic mass is 16.4. The molecule has 0 spiro atoms. The van der Waals surface area contributed by atoms with Crippen molar-refractivity contribution in [3.8, 4) is 0 Å². The number of hydrogen-bond acceptors (Lipinski definition) is 2. The zero-order chi connectivity index (χ0) is 10.7. The molecule has 0 aromatic heterocycles. The summed E-state index contributed by atoms with van der Waals surface area (Å²) in [7, 11) is 0. The number of carbonyl (C=O) groups is 1. The molecule has 3 nitrogen and oxygen atoms in total. The number of rotatable bonds is 1. The summed E-state index contributed by atoms with van der Waals surface area (Å²) in [5, 5.41) is 11.5. The van der Waals surface area contributed by atoms with E-state index < -0.39 is 5.97 Å². The van der Waals surface area contributed by atoms with Crippen molar-refractivity contribution in [1.82, 2.24) is 5.32 Å². The molecule has 13 heavy (non-hydrogen) atoms. The van der Waals surface area contributed by atoms with Crippen molar-refractivity contribution in [3.05, 3.63) is 0 Å². The Bertz CT molecular complexity index is 109. The lowest BCUT2D eigenvalue weighted by Crippen LogP contribution is -2.34. The molecule has 1 atom stereocenters. The van der Waals surface area contributed by atoms with Crippen molar-refractivity contribution >= 4 is 5.97 Å². The Kier molecular flexibility index (Phi) is 13.1. The van der Waals surface area contributed by atoms with Crippen LogP contribution in [-0.4, -0.2) is 24.2 Å². The number of carboxylic acids is 1. The highest BCUT2D eigenvalue weighted by Crippen LogP contribution is 2.08. The van der Waals surface area contributed by atoms with Gasteiger partial charge in [0.05, 0.1) is 5.92 Å². The maximum atomic E-state index is 10.3. The second-order valence-corrected chi connectivity index (χ2v) is 2.38. The molecule has 0 radical (unpaired) electrons. The monoisotopic (exact) mass is 189 g/mol. The van der Waals surface area contributed by atoms with E-state index in [9.17, 15) is 4.79 Å². The van der Waals surface area contributed by atoms with Crippen LogP contribution in [0.3, 0.4) is 0 Å². The van der Waals surface area contributed by atoms with Gasteiger partial charge in [-0.2, -0.15) is 0 Å².